The van der Waals surface area contributed by atoms with Crippen LogP contribution in [0.3, 0.4) is 0 Å². The van der Waals surface area contributed by atoms with E-state index in [0.717, 1.165) is 36.5 Å². The summed E-state index contributed by atoms with van der Waals surface area (Å²) >= 11 is 0. The van der Waals surface area contributed by atoms with Crippen LogP contribution in [-0.4, -0.2) is 12.6 Å². The van der Waals surface area contributed by atoms with Crippen molar-refractivity contribution in [2.45, 2.75) is 123 Å². The van der Waals surface area contributed by atoms with Gasteiger partial charge in [0.1, 0.15) is 0 Å². The second kappa shape index (κ2) is 14.8. The average Bonchev–Trinajstić information content (AvgIpc) is 2.87. The van der Waals surface area contributed by atoms with Gasteiger partial charge in [-0.05, 0) is 86.3 Å². The molecule has 1 aromatic carbocycles. The number of carbonyl (C=O) groups is 1. The van der Waals surface area contributed by atoms with Crippen molar-refractivity contribution in [3.05, 3.63) is 35.4 Å². The van der Waals surface area contributed by atoms with E-state index < -0.39 is 0 Å². The molecule has 2 saturated carbocycles. The van der Waals surface area contributed by atoms with Crippen LogP contribution in [0.2, 0.25) is 0 Å². The van der Waals surface area contributed by atoms with Crippen molar-refractivity contribution >= 4 is 5.97 Å². The highest BCUT2D eigenvalue weighted by Gasteiger charge is 2.30. The number of aryl methyl sites for hydroxylation is 1. The highest BCUT2D eigenvalue weighted by molar-refractivity contribution is 5.89. The van der Waals surface area contributed by atoms with Crippen LogP contribution >= 0.6 is 0 Å². The van der Waals surface area contributed by atoms with Gasteiger partial charge in [-0.1, -0.05) is 90.2 Å². The van der Waals surface area contributed by atoms with Crippen molar-refractivity contribution in [2.75, 3.05) is 6.61 Å². The van der Waals surface area contributed by atoms with Crippen LogP contribution in [0.5, 0.6) is 0 Å². The molecule has 0 N–H and O–H groups in total. The number of ether oxygens (including phenoxy) is 1. The first-order valence-electron chi connectivity index (χ1n) is 14.5. The van der Waals surface area contributed by atoms with Gasteiger partial charge in [0.15, 0.2) is 0 Å². The maximum atomic E-state index is 12.0. The second-order valence-electron chi connectivity index (χ2n) is 11.1. The standard InChI is InChI=1S/C31H50O2/c1-3-5-6-7-8-9-25-12-18-28(19-13-25)29-20-14-26(15-21-29)10-11-27-16-22-30(23-17-27)31(32)33-24-4-2/h16-17,22-23,25-26,28-29H,3-15,18-21,24H2,1-2H3/t25-,26?,28-,29?. The summed E-state index contributed by atoms with van der Waals surface area (Å²) in [5.41, 5.74) is 2.04. The first-order valence-corrected chi connectivity index (χ1v) is 14.5. The normalized spacial score (nSPS) is 25.6. The van der Waals surface area contributed by atoms with Crippen molar-refractivity contribution in [3.63, 3.8) is 0 Å². The molecule has 0 spiro atoms. The van der Waals surface area contributed by atoms with Crippen LogP contribution in [0, 0.1) is 23.7 Å². The predicted octanol–water partition coefficient (Wildman–Crippen LogP) is 9.16. The van der Waals surface area contributed by atoms with Gasteiger partial charge in [-0.3, -0.25) is 0 Å². The SMILES string of the molecule is CCCCCCC[C@H]1CC[C@H](C2CCC(CCc3ccc(C(=O)OCCC)cc3)CC2)CC1. The Morgan fingerprint density at radius 3 is 1.88 bits per heavy atom. The molecule has 0 saturated heterocycles. The van der Waals surface area contributed by atoms with E-state index in [0.29, 0.717) is 12.2 Å². The molecule has 186 valence electrons. The van der Waals surface area contributed by atoms with Crippen LogP contribution < -0.4 is 0 Å². The zero-order valence-electron chi connectivity index (χ0n) is 21.7. The summed E-state index contributed by atoms with van der Waals surface area (Å²) in [6.07, 6.45) is 23.9. The van der Waals surface area contributed by atoms with E-state index in [1.807, 2.05) is 19.1 Å². The van der Waals surface area contributed by atoms with Crippen molar-refractivity contribution in [1.82, 2.24) is 0 Å². The number of rotatable bonds is 13. The molecule has 0 aliphatic heterocycles. The Labute approximate surface area is 204 Å². The molecule has 2 fully saturated rings. The van der Waals surface area contributed by atoms with Gasteiger partial charge < -0.3 is 4.74 Å². The van der Waals surface area contributed by atoms with Gasteiger partial charge in [0.05, 0.1) is 12.2 Å². The quantitative estimate of drug-likeness (QED) is 0.219. The molecular weight excluding hydrogens is 404 g/mol. The molecule has 0 bridgehead atoms. The monoisotopic (exact) mass is 454 g/mol. The van der Waals surface area contributed by atoms with E-state index in [9.17, 15) is 4.79 Å². The Bertz CT molecular complexity index is 648. The third-order valence-electron chi connectivity index (χ3n) is 8.63. The van der Waals surface area contributed by atoms with E-state index in [1.54, 1.807) is 0 Å². The first kappa shape index (κ1) is 26.3. The zero-order chi connectivity index (χ0) is 23.3. The van der Waals surface area contributed by atoms with E-state index in [4.69, 9.17) is 4.74 Å². The summed E-state index contributed by atoms with van der Waals surface area (Å²) in [6, 6.07) is 8.12. The van der Waals surface area contributed by atoms with E-state index in [-0.39, 0.29) is 5.97 Å². The molecule has 2 heteroatoms. The Kier molecular flexibility index (Phi) is 11.8. The van der Waals surface area contributed by atoms with Crippen molar-refractivity contribution in [3.8, 4) is 0 Å². The van der Waals surface area contributed by atoms with Gasteiger partial charge in [0, 0.05) is 0 Å². The van der Waals surface area contributed by atoms with Gasteiger partial charge in [-0.2, -0.15) is 0 Å². The van der Waals surface area contributed by atoms with E-state index in [1.165, 1.54) is 102 Å². The molecule has 0 amide bonds. The Balaban J connectivity index is 1.29. The number of carbonyl (C=O) groups excluding carboxylic acids is 1. The lowest BCUT2D eigenvalue weighted by Crippen LogP contribution is -2.26. The molecule has 1 aromatic rings. The van der Waals surface area contributed by atoms with Gasteiger partial charge in [0.25, 0.3) is 0 Å². The number of esters is 1. The number of unbranched alkanes of at least 4 members (excludes halogenated alkanes) is 4. The summed E-state index contributed by atoms with van der Waals surface area (Å²) in [4.78, 5) is 12.0. The third kappa shape index (κ3) is 9.10. The summed E-state index contributed by atoms with van der Waals surface area (Å²) in [5, 5.41) is 0. The fraction of sp³-hybridized carbons (Fsp3) is 0.774. The van der Waals surface area contributed by atoms with Gasteiger partial charge in [-0.15, -0.1) is 0 Å². The molecule has 33 heavy (non-hydrogen) atoms. The summed E-state index contributed by atoms with van der Waals surface area (Å²) in [6.45, 7) is 4.83. The fourth-order valence-electron chi connectivity index (χ4n) is 6.39. The molecule has 0 aromatic heterocycles. The molecule has 0 atom stereocenters. The van der Waals surface area contributed by atoms with Gasteiger partial charge in [0.2, 0.25) is 0 Å². The molecular formula is C31H50O2. The Morgan fingerprint density at radius 2 is 1.30 bits per heavy atom. The van der Waals surface area contributed by atoms with Gasteiger partial charge >= 0.3 is 5.97 Å². The fourth-order valence-corrected chi connectivity index (χ4v) is 6.39. The zero-order valence-corrected chi connectivity index (χ0v) is 21.7. The minimum absolute atomic E-state index is 0.192. The highest BCUT2D eigenvalue weighted by Crippen LogP contribution is 2.43. The minimum Gasteiger partial charge on any atom is -0.462 e. The largest absolute Gasteiger partial charge is 0.462 e. The topological polar surface area (TPSA) is 26.3 Å². The molecule has 0 radical (unpaired) electrons. The number of hydrogen-bond acceptors (Lipinski definition) is 2. The predicted molar refractivity (Wildman–Crippen MR) is 140 cm³/mol. The molecule has 3 rings (SSSR count). The minimum atomic E-state index is -0.192. The summed E-state index contributed by atoms with van der Waals surface area (Å²) < 4.78 is 5.23. The third-order valence-corrected chi connectivity index (χ3v) is 8.63. The van der Waals surface area contributed by atoms with Crippen molar-refractivity contribution < 1.29 is 9.53 Å². The smallest absolute Gasteiger partial charge is 0.338 e. The van der Waals surface area contributed by atoms with Crippen LogP contribution in [0.1, 0.15) is 133 Å². The maximum Gasteiger partial charge on any atom is 0.338 e. The van der Waals surface area contributed by atoms with E-state index in [2.05, 4.69) is 19.1 Å². The summed E-state index contributed by atoms with van der Waals surface area (Å²) in [5.74, 6) is 3.79. The Morgan fingerprint density at radius 1 is 0.727 bits per heavy atom. The lowest BCUT2D eigenvalue weighted by atomic mass is 9.68. The lowest BCUT2D eigenvalue weighted by Gasteiger charge is -2.38. The molecule has 0 heterocycles. The van der Waals surface area contributed by atoms with Crippen LogP contribution in [0.25, 0.3) is 0 Å². The Hall–Kier alpha value is -1.31. The molecule has 2 nitrogen and oxygen atoms in total. The van der Waals surface area contributed by atoms with E-state index >= 15 is 0 Å². The molecule has 2 aliphatic rings. The van der Waals surface area contributed by atoms with Gasteiger partial charge in [-0.25, -0.2) is 4.79 Å². The molecule has 0 unspecified atom stereocenters. The second-order valence-corrected chi connectivity index (χ2v) is 11.1. The number of benzene rings is 1. The van der Waals surface area contributed by atoms with Crippen molar-refractivity contribution in [1.29, 1.82) is 0 Å². The van der Waals surface area contributed by atoms with Crippen LogP contribution in [0.4, 0.5) is 0 Å². The highest BCUT2D eigenvalue weighted by atomic mass is 16.5. The summed E-state index contributed by atoms with van der Waals surface area (Å²) in [7, 11) is 0. The van der Waals surface area contributed by atoms with Crippen LogP contribution in [0.15, 0.2) is 24.3 Å². The maximum absolute atomic E-state index is 12.0. The van der Waals surface area contributed by atoms with Crippen molar-refractivity contribution in [2.24, 2.45) is 23.7 Å². The van der Waals surface area contributed by atoms with Crippen LogP contribution in [-0.2, 0) is 11.2 Å². The number of hydrogen-bond donors (Lipinski definition) is 0. The average molecular weight is 455 g/mol. The molecule has 2 aliphatic carbocycles. The lowest BCUT2D eigenvalue weighted by molar-refractivity contribution is 0.0505. The first-order chi connectivity index (χ1) is 16.2.